The Balaban J connectivity index is 1.16. The number of piperidine rings is 1. The van der Waals surface area contributed by atoms with E-state index >= 15 is 0 Å². The Morgan fingerprint density at radius 3 is 2.68 bits per heavy atom. The lowest BCUT2D eigenvalue weighted by atomic mass is 9.91. The van der Waals surface area contributed by atoms with E-state index in [9.17, 15) is 24.2 Å². The van der Waals surface area contributed by atoms with E-state index in [-0.39, 0.29) is 11.6 Å². The van der Waals surface area contributed by atoms with Crippen molar-refractivity contribution in [1.82, 2.24) is 29.7 Å². The van der Waals surface area contributed by atoms with Crippen molar-refractivity contribution in [3.63, 3.8) is 0 Å². The number of halogens is 1. The van der Waals surface area contributed by atoms with Crippen LogP contribution in [0.25, 0.3) is 11.2 Å². The number of aliphatic hydroxyl groups is 2. The summed E-state index contributed by atoms with van der Waals surface area (Å²) in [5, 5.41) is 23.6. The zero-order valence-electron chi connectivity index (χ0n) is 22.6. The van der Waals surface area contributed by atoms with Gasteiger partial charge in [0, 0.05) is 26.1 Å². The summed E-state index contributed by atoms with van der Waals surface area (Å²) in [6, 6.07) is 5.82. The van der Waals surface area contributed by atoms with Crippen LogP contribution in [0.15, 0.2) is 30.6 Å². The molecular formula is C27H34FN7O6. The Morgan fingerprint density at radius 1 is 1.20 bits per heavy atom. The topological polar surface area (TPSA) is 178 Å². The van der Waals surface area contributed by atoms with Crippen LogP contribution in [-0.4, -0.2) is 84.6 Å². The molecule has 0 unspecified atom stereocenters. The van der Waals surface area contributed by atoms with Crippen LogP contribution < -0.4 is 15.8 Å². The third-order valence-electron chi connectivity index (χ3n) is 7.54. The number of nitrogens with one attached hydrogen (secondary N) is 1. The summed E-state index contributed by atoms with van der Waals surface area (Å²) in [4.78, 5) is 39.5. The number of nitrogen functional groups attached to an aromatic ring is 1. The van der Waals surface area contributed by atoms with Crippen molar-refractivity contribution in [2.24, 2.45) is 5.92 Å². The number of para-hydroxylation sites is 1. The minimum Gasteiger partial charge on any atom is -0.407 e. The highest BCUT2D eigenvalue weighted by molar-refractivity contribution is 5.83. The van der Waals surface area contributed by atoms with Crippen LogP contribution in [0.4, 0.5) is 15.0 Å². The fourth-order valence-corrected chi connectivity index (χ4v) is 5.30. The van der Waals surface area contributed by atoms with Gasteiger partial charge in [-0.05, 0) is 50.7 Å². The number of likely N-dealkylation sites (tertiary alicyclic amines) is 1. The van der Waals surface area contributed by atoms with Crippen molar-refractivity contribution < 1.29 is 33.7 Å². The van der Waals surface area contributed by atoms with Gasteiger partial charge >= 0.3 is 6.09 Å². The molecule has 14 heteroatoms. The first kappa shape index (κ1) is 28.6. The highest BCUT2D eigenvalue weighted by Crippen LogP contribution is 2.32. The lowest BCUT2D eigenvalue weighted by molar-refractivity contribution is -0.137. The molecule has 3 aromatic rings. The van der Waals surface area contributed by atoms with E-state index in [0.717, 1.165) is 25.7 Å². The molecule has 5 rings (SSSR count). The van der Waals surface area contributed by atoms with Crippen molar-refractivity contribution in [3.8, 4) is 5.75 Å². The van der Waals surface area contributed by atoms with Crippen LogP contribution in [0.2, 0.25) is 0 Å². The van der Waals surface area contributed by atoms with Crippen molar-refractivity contribution >= 4 is 29.0 Å². The van der Waals surface area contributed by atoms with Crippen molar-refractivity contribution in [2.75, 3.05) is 25.4 Å². The number of aromatic nitrogens is 4. The number of ether oxygens (including phenoxy) is 2. The summed E-state index contributed by atoms with van der Waals surface area (Å²) in [7, 11) is 0. The molecule has 2 aliphatic heterocycles. The molecule has 5 N–H and O–H groups in total. The van der Waals surface area contributed by atoms with E-state index in [1.807, 2.05) is 0 Å². The Morgan fingerprint density at radius 2 is 1.95 bits per heavy atom. The number of hydrogen-bond donors (Lipinski definition) is 4. The number of nitrogens with zero attached hydrogens (tertiary/aromatic N) is 5. The van der Waals surface area contributed by atoms with Gasteiger partial charge in [0.25, 0.3) is 5.91 Å². The lowest BCUT2D eigenvalue weighted by Crippen LogP contribution is -2.42. The van der Waals surface area contributed by atoms with E-state index in [0.29, 0.717) is 49.0 Å². The second kappa shape index (κ2) is 12.3. The van der Waals surface area contributed by atoms with Crippen LogP contribution in [-0.2, 0) is 16.0 Å². The van der Waals surface area contributed by atoms with Gasteiger partial charge in [0.1, 0.15) is 23.5 Å². The van der Waals surface area contributed by atoms with Crippen LogP contribution in [0.5, 0.6) is 5.75 Å². The molecule has 2 aliphatic rings. The maximum absolute atomic E-state index is 13.8. The predicted molar refractivity (Wildman–Crippen MR) is 144 cm³/mol. The van der Waals surface area contributed by atoms with E-state index in [4.69, 9.17) is 15.2 Å². The molecule has 2 saturated heterocycles. The van der Waals surface area contributed by atoms with Crippen LogP contribution in [0, 0.1) is 11.7 Å². The molecule has 1 aromatic carbocycles. The van der Waals surface area contributed by atoms with E-state index in [1.165, 1.54) is 29.1 Å². The van der Waals surface area contributed by atoms with Gasteiger partial charge < -0.3 is 35.6 Å². The summed E-state index contributed by atoms with van der Waals surface area (Å²) in [6.07, 6.45) is -0.469. The fourth-order valence-electron chi connectivity index (χ4n) is 5.30. The molecule has 0 radical (unpaired) electrons. The minimum atomic E-state index is -1.42. The Kier molecular flexibility index (Phi) is 8.61. The summed E-state index contributed by atoms with van der Waals surface area (Å²) >= 11 is 0. The third-order valence-corrected chi connectivity index (χ3v) is 7.54. The molecule has 0 bridgehead atoms. The van der Waals surface area contributed by atoms with Gasteiger partial charge in [-0.1, -0.05) is 12.1 Å². The van der Waals surface area contributed by atoms with Gasteiger partial charge in [0.2, 0.25) is 0 Å². The smallest absolute Gasteiger partial charge is 0.407 e. The predicted octanol–water partition coefficient (Wildman–Crippen LogP) is 1.54. The number of anilines is 1. The minimum absolute atomic E-state index is 0.0794. The molecule has 220 valence electrons. The number of rotatable bonds is 8. The van der Waals surface area contributed by atoms with Gasteiger partial charge in [-0.3, -0.25) is 9.36 Å². The number of imidazole rings is 1. The Labute approximate surface area is 235 Å². The van der Waals surface area contributed by atoms with Crippen LogP contribution in [0.1, 0.15) is 44.7 Å². The van der Waals surface area contributed by atoms with E-state index in [2.05, 4.69) is 20.3 Å². The molecule has 13 nitrogen and oxygen atoms in total. The molecule has 2 fully saturated rings. The first-order chi connectivity index (χ1) is 19.8. The molecular weight excluding hydrogens is 537 g/mol. The maximum Gasteiger partial charge on any atom is 0.415 e. The number of amides is 2. The number of fused-ring (bicyclic) bond motifs is 1. The lowest BCUT2D eigenvalue weighted by Gasteiger charge is -2.31. The van der Waals surface area contributed by atoms with Crippen molar-refractivity contribution in [1.29, 1.82) is 0 Å². The normalized spacial score (nSPS) is 23.2. The van der Waals surface area contributed by atoms with Crippen molar-refractivity contribution in [3.05, 3.63) is 42.2 Å². The summed E-state index contributed by atoms with van der Waals surface area (Å²) in [6.45, 7) is 3.15. The second-order valence-corrected chi connectivity index (χ2v) is 10.3. The standard InChI is InChI=1S/C27H34FN7O6/c1-2-30-25(38)22-20(36)21(37)26(41-22)35-14-31-19-23(29)32-18(33-24(19)35)9-5-6-15-10-12-34(13-11-15)27(39)40-17-8-4-3-7-16(17)28/h3-4,7-8,14-15,20-22,26,36-37H,2,5-6,9-13H2,1H3,(H,30,38)(H2,29,32,33)/t20-,21+,22-,26+/m0/s1. The quantitative estimate of drug-likeness (QED) is 0.310. The summed E-state index contributed by atoms with van der Waals surface area (Å²) in [5.41, 5.74) is 6.82. The SMILES string of the molecule is CCNC(=O)[C@H]1O[C@@H](n2cnc3c(N)nc(CCCC4CCN(C(=O)Oc5ccccc5F)CC4)nc32)[C@H](O)[C@@H]1O. The Bertz CT molecular complexity index is 1400. The average molecular weight is 572 g/mol. The van der Waals surface area contributed by atoms with Gasteiger partial charge in [-0.25, -0.2) is 24.1 Å². The molecule has 4 heterocycles. The van der Waals surface area contributed by atoms with Gasteiger partial charge in [-0.15, -0.1) is 0 Å². The number of carbonyl (C=O) groups excluding carboxylic acids is 2. The third kappa shape index (κ3) is 6.09. The zero-order valence-corrected chi connectivity index (χ0v) is 22.6. The average Bonchev–Trinajstić information content (AvgIpc) is 3.51. The first-order valence-corrected chi connectivity index (χ1v) is 13.8. The fraction of sp³-hybridized carbons (Fsp3) is 0.519. The monoisotopic (exact) mass is 571 g/mol. The van der Waals surface area contributed by atoms with Crippen LogP contribution in [0.3, 0.4) is 0 Å². The number of nitrogens with two attached hydrogens (primary N) is 1. The molecule has 2 amide bonds. The van der Waals surface area contributed by atoms with Crippen molar-refractivity contribution in [2.45, 2.75) is 63.6 Å². The largest absolute Gasteiger partial charge is 0.415 e. The molecule has 0 aliphatic carbocycles. The number of aryl methyl sites for hydroxylation is 1. The zero-order chi connectivity index (χ0) is 29.1. The number of likely N-dealkylation sites (N-methyl/N-ethyl adjacent to an activating group) is 1. The molecule has 4 atom stereocenters. The van der Waals surface area contributed by atoms with E-state index < -0.39 is 42.4 Å². The molecule has 0 saturated carbocycles. The van der Waals surface area contributed by atoms with Gasteiger partial charge in [-0.2, -0.15) is 0 Å². The number of benzene rings is 1. The summed E-state index contributed by atoms with van der Waals surface area (Å²) in [5.74, 6) is -0.103. The summed E-state index contributed by atoms with van der Waals surface area (Å²) < 4.78 is 26.2. The highest BCUT2D eigenvalue weighted by atomic mass is 19.1. The first-order valence-electron chi connectivity index (χ1n) is 13.8. The second-order valence-electron chi connectivity index (χ2n) is 10.3. The molecule has 0 spiro atoms. The molecule has 41 heavy (non-hydrogen) atoms. The van der Waals surface area contributed by atoms with E-state index in [1.54, 1.807) is 17.9 Å². The van der Waals surface area contributed by atoms with Gasteiger partial charge in [0.05, 0.1) is 6.33 Å². The number of carbonyl (C=O) groups is 2. The molecule has 2 aromatic heterocycles. The highest BCUT2D eigenvalue weighted by Gasteiger charge is 2.47. The Hall–Kier alpha value is -3.88. The van der Waals surface area contributed by atoms with Gasteiger partial charge in [0.15, 0.2) is 35.4 Å². The number of aliphatic hydroxyl groups excluding tert-OH is 2. The van der Waals surface area contributed by atoms with Crippen LogP contribution >= 0.6 is 0 Å². The maximum atomic E-state index is 13.8. The number of hydrogen-bond acceptors (Lipinski definition) is 10.